The molecule has 1 aliphatic rings. The molecule has 146 valence electrons. The van der Waals surface area contributed by atoms with Gasteiger partial charge >= 0.3 is 0 Å². The monoisotopic (exact) mass is 398 g/mol. The molecule has 4 heterocycles. The Labute approximate surface area is 167 Å². The minimum absolute atomic E-state index is 0.106. The molecule has 0 aliphatic carbocycles. The third kappa shape index (κ3) is 4.55. The molecule has 0 radical (unpaired) electrons. The average Bonchev–Trinajstić information content (AvgIpc) is 3.39. The van der Waals surface area contributed by atoms with E-state index in [0.29, 0.717) is 23.8 Å². The number of hydrogen-bond donors (Lipinski definition) is 1. The molecule has 0 bridgehead atoms. The van der Waals surface area contributed by atoms with E-state index in [1.54, 1.807) is 17.5 Å². The average molecular weight is 398 g/mol. The molecule has 3 aromatic heterocycles. The van der Waals surface area contributed by atoms with Crippen molar-refractivity contribution in [3.8, 4) is 10.7 Å². The molecule has 28 heavy (non-hydrogen) atoms. The second kappa shape index (κ2) is 8.49. The fourth-order valence-electron chi connectivity index (χ4n) is 2.99. The maximum absolute atomic E-state index is 12.2. The van der Waals surface area contributed by atoms with E-state index in [1.165, 1.54) is 0 Å². The van der Waals surface area contributed by atoms with Gasteiger partial charge < -0.3 is 19.6 Å². The fraction of sp³-hybridized carbons (Fsp3) is 0.368. The van der Waals surface area contributed by atoms with E-state index < -0.39 is 0 Å². The predicted molar refractivity (Wildman–Crippen MR) is 109 cm³/mol. The van der Waals surface area contributed by atoms with Gasteiger partial charge in [-0.2, -0.15) is 4.98 Å². The Morgan fingerprint density at radius 2 is 2.11 bits per heavy atom. The van der Waals surface area contributed by atoms with Gasteiger partial charge in [-0.25, -0.2) is 4.98 Å². The highest BCUT2D eigenvalue weighted by atomic mass is 32.1. The second-order valence-electron chi connectivity index (χ2n) is 6.73. The lowest BCUT2D eigenvalue weighted by molar-refractivity contribution is -0.116. The molecule has 4 rings (SSSR count). The summed E-state index contributed by atoms with van der Waals surface area (Å²) in [7, 11) is 2.13. The molecule has 0 saturated carbocycles. The number of rotatable bonds is 6. The van der Waals surface area contributed by atoms with Crippen molar-refractivity contribution in [3.05, 3.63) is 41.7 Å². The van der Waals surface area contributed by atoms with E-state index in [-0.39, 0.29) is 12.3 Å². The Kier molecular flexibility index (Phi) is 5.63. The zero-order chi connectivity index (χ0) is 19.3. The lowest BCUT2D eigenvalue weighted by Gasteiger charge is -2.33. The number of pyridine rings is 1. The lowest BCUT2D eigenvalue weighted by atomic mass is 10.2. The van der Waals surface area contributed by atoms with Gasteiger partial charge in [0.15, 0.2) is 0 Å². The first-order valence-corrected chi connectivity index (χ1v) is 10.1. The molecule has 0 unspecified atom stereocenters. The second-order valence-corrected chi connectivity index (χ2v) is 7.68. The largest absolute Gasteiger partial charge is 0.354 e. The van der Waals surface area contributed by atoms with Crippen LogP contribution in [0.2, 0.25) is 0 Å². The van der Waals surface area contributed by atoms with Crippen LogP contribution in [-0.4, -0.2) is 59.2 Å². The first-order valence-electron chi connectivity index (χ1n) is 9.23. The van der Waals surface area contributed by atoms with Crippen molar-refractivity contribution < 1.29 is 9.32 Å². The summed E-state index contributed by atoms with van der Waals surface area (Å²) in [5.41, 5.74) is 0.688. The first kappa shape index (κ1) is 18.6. The smallest absolute Gasteiger partial charge is 0.227 e. The van der Waals surface area contributed by atoms with E-state index in [9.17, 15) is 4.79 Å². The van der Waals surface area contributed by atoms with Crippen LogP contribution in [0.4, 0.5) is 11.5 Å². The fourth-order valence-corrected chi connectivity index (χ4v) is 3.64. The number of anilines is 2. The molecular formula is C19H22N6O2S. The number of hydrogen-bond acceptors (Lipinski definition) is 8. The quantitative estimate of drug-likeness (QED) is 0.683. The lowest BCUT2D eigenvalue weighted by Crippen LogP contribution is -2.44. The third-order valence-electron chi connectivity index (χ3n) is 4.63. The Morgan fingerprint density at radius 1 is 1.25 bits per heavy atom. The van der Waals surface area contributed by atoms with Gasteiger partial charge in [0.25, 0.3) is 0 Å². The molecule has 1 saturated heterocycles. The van der Waals surface area contributed by atoms with E-state index in [1.807, 2.05) is 29.6 Å². The van der Waals surface area contributed by atoms with Crippen LogP contribution in [0.1, 0.15) is 12.3 Å². The topological polar surface area (TPSA) is 87.4 Å². The highest BCUT2D eigenvalue weighted by Crippen LogP contribution is 2.21. The minimum atomic E-state index is -0.106. The highest BCUT2D eigenvalue weighted by molar-refractivity contribution is 7.13. The number of piperazine rings is 1. The van der Waals surface area contributed by atoms with E-state index >= 15 is 0 Å². The third-order valence-corrected chi connectivity index (χ3v) is 5.50. The zero-order valence-corrected chi connectivity index (χ0v) is 16.5. The minimum Gasteiger partial charge on any atom is -0.354 e. The molecular weight excluding hydrogens is 376 g/mol. The van der Waals surface area contributed by atoms with Gasteiger partial charge in [0.05, 0.1) is 16.8 Å². The summed E-state index contributed by atoms with van der Waals surface area (Å²) < 4.78 is 5.22. The van der Waals surface area contributed by atoms with Gasteiger partial charge in [0.1, 0.15) is 5.82 Å². The standard InChI is InChI=1S/C19H22N6O2S/c1-24-8-10-25(11-9-24)16-5-4-14(13-20-16)21-17(26)6-7-18-22-19(23-27-18)15-3-2-12-28-15/h2-5,12-13H,6-11H2,1H3,(H,21,26). The molecule has 0 aromatic carbocycles. The van der Waals surface area contributed by atoms with Crippen molar-refractivity contribution >= 4 is 28.7 Å². The summed E-state index contributed by atoms with van der Waals surface area (Å²) in [6.45, 7) is 3.99. The number of nitrogens with zero attached hydrogens (tertiary/aromatic N) is 5. The number of thiophene rings is 1. The van der Waals surface area contributed by atoms with Crippen LogP contribution in [-0.2, 0) is 11.2 Å². The molecule has 0 atom stereocenters. The Bertz CT molecular complexity index is 901. The Hall–Kier alpha value is -2.78. The number of amides is 1. The van der Waals surface area contributed by atoms with E-state index in [0.717, 1.165) is 36.9 Å². The normalized spacial score (nSPS) is 15.0. The molecule has 1 N–H and O–H groups in total. The summed E-state index contributed by atoms with van der Waals surface area (Å²) in [6, 6.07) is 7.71. The Balaban J connectivity index is 1.27. The van der Waals surface area contributed by atoms with Crippen LogP contribution in [0, 0.1) is 0 Å². The van der Waals surface area contributed by atoms with Crippen LogP contribution in [0.3, 0.4) is 0 Å². The SMILES string of the molecule is CN1CCN(c2ccc(NC(=O)CCc3nc(-c4cccs4)no3)cn2)CC1. The van der Waals surface area contributed by atoms with Crippen LogP contribution < -0.4 is 10.2 Å². The van der Waals surface area contributed by atoms with Gasteiger partial charge in [-0.3, -0.25) is 4.79 Å². The zero-order valence-electron chi connectivity index (χ0n) is 15.7. The molecule has 3 aromatic rings. The molecule has 1 fully saturated rings. The maximum atomic E-state index is 12.2. The van der Waals surface area contributed by atoms with Crippen LogP contribution in [0.5, 0.6) is 0 Å². The number of likely N-dealkylation sites (N-methyl/N-ethyl adjacent to an activating group) is 1. The van der Waals surface area contributed by atoms with Crippen LogP contribution in [0.25, 0.3) is 10.7 Å². The number of aryl methyl sites for hydroxylation is 1. The van der Waals surface area contributed by atoms with Gasteiger partial charge in [-0.1, -0.05) is 11.2 Å². The number of nitrogens with one attached hydrogen (secondary N) is 1. The number of aromatic nitrogens is 3. The molecule has 0 spiro atoms. The number of carbonyl (C=O) groups is 1. The first-order chi connectivity index (χ1) is 13.7. The van der Waals surface area contributed by atoms with Gasteiger partial charge in [0.2, 0.25) is 17.6 Å². The van der Waals surface area contributed by atoms with E-state index in [2.05, 4.69) is 37.3 Å². The predicted octanol–water partition coefficient (Wildman–Crippen LogP) is 2.52. The Morgan fingerprint density at radius 3 is 2.82 bits per heavy atom. The van der Waals surface area contributed by atoms with Crippen molar-refractivity contribution in [2.75, 3.05) is 43.4 Å². The van der Waals surface area contributed by atoms with Crippen LogP contribution in [0.15, 0.2) is 40.4 Å². The van der Waals surface area contributed by atoms with Gasteiger partial charge in [0, 0.05) is 39.0 Å². The molecule has 1 aliphatic heterocycles. The summed E-state index contributed by atoms with van der Waals surface area (Å²) in [4.78, 5) is 26.5. The molecule has 8 nitrogen and oxygen atoms in total. The van der Waals surface area contributed by atoms with Gasteiger partial charge in [-0.15, -0.1) is 11.3 Å². The molecule has 9 heteroatoms. The maximum Gasteiger partial charge on any atom is 0.227 e. The summed E-state index contributed by atoms with van der Waals surface area (Å²) in [5.74, 6) is 1.86. The van der Waals surface area contributed by atoms with Crippen molar-refractivity contribution in [1.29, 1.82) is 0 Å². The van der Waals surface area contributed by atoms with Gasteiger partial charge in [-0.05, 0) is 30.6 Å². The molecule has 1 amide bonds. The summed E-state index contributed by atoms with van der Waals surface area (Å²) in [6.07, 6.45) is 2.37. The summed E-state index contributed by atoms with van der Waals surface area (Å²) >= 11 is 1.55. The number of carbonyl (C=O) groups excluding carboxylic acids is 1. The van der Waals surface area contributed by atoms with E-state index in [4.69, 9.17) is 4.52 Å². The summed E-state index contributed by atoms with van der Waals surface area (Å²) in [5, 5.41) is 8.78. The van der Waals surface area contributed by atoms with Crippen molar-refractivity contribution in [3.63, 3.8) is 0 Å². The van der Waals surface area contributed by atoms with Crippen molar-refractivity contribution in [2.45, 2.75) is 12.8 Å². The highest BCUT2D eigenvalue weighted by Gasteiger charge is 2.15. The van der Waals surface area contributed by atoms with Crippen molar-refractivity contribution in [2.24, 2.45) is 0 Å². The van der Waals surface area contributed by atoms with Crippen molar-refractivity contribution in [1.82, 2.24) is 20.0 Å². The van der Waals surface area contributed by atoms with Crippen LogP contribution >= 0.6 is 11.3 Å².